The van der Waals surface area contributed by atoms with Gasteiger partial charge in [-0.3, -0.25) is 9.59 Å². The molecule has 0 spiro atoms. The van der Waals surface area contributed by atoms with Crippen LogP contribution in [0.25, 0.3) is 0 Å². The van der Waals surface area contributed by atoms with Crippen LogP contribution in [0.15, 0.2) is 77.7 Å². The Kier molecular flexibility index (Phi) is 6.92. The predicted octanol–water partition coefficient (Wildman–Crippen LogP) is 4.52. The van der Waals surface area contributed by atoms with Gasteiger partial charge in [-0.1, -0.05) is 24.3 Å². The van der Waals surface area contributed by atoms with Crippen molar-refractivity contribution in [2.45, 2.75) is 11.8 Å². The number of nitrogens with one attached hydrogen (secondary N) is 1. The Hall–Kier alpha value is -3.25. The normalized spacial score (nSPS) is 10.4. The molecule has 0 aliphatic heterocycles. The lowest BCUT2D eigenvalue weighted by Gasteiger charge is -2.11. The number of carbonyl (C=O) groups is 2. The van der Waals surface area contributed by atoms with Gasteiger partial charge in [0.05, 0.1) is 6.61 Å². The van der Waals surface area contributed by atoms with Crippen LogP contribution in [-0.4, -0.2) is 24.2 Å². The zero-order valence-corrected chi connectivity index (χ0v) is 16.9. The van der Waals surface area contributed by atoms with Gasteiger partial charge in [0.2, 0.25) is 5.91 Å². The fraction of sp³-hybridized carbons (Fsp3) is 0.130. The van der Waals surface area contributed by atoms with Crippen LogP contribution in [0.4, 0.5) is 5.69 Å². The number of ether oxygens (including phenoxy) is 1. The van der Waals surface area contributed by atoms with Crippen molar-refractivity contribution in [1.82, 2.24) is 0 Å². The molecule has 6 heteroatoms. The highest BCUT2D eigenvalue weighted by Crippen LogP contribution is 2.21. The van der Waals surface area contributed by atoms with E-state index in [1.807, 2.05) is 18.2 Å². The smallest absolute Gasteiger partial charge is 0.255 e. The number of nitrogens with two attached hydrogens (primary N) is 1. The maximum absolute atomic E-state index is 12.5. The van der Waals surface area contributed by atoms with Crippen molar-refractivity contribution in [3.05, 3.63) is 89.5 Å². The van der Waals surface area contributed by atoms with Crippen LogP contribution >= 0.6 is 11.8 Å². The van der Waals surface area contributed by atoms with E-state index < -0.39 is 5.91 Å². The number of thioether (sulfide) groups is 1. The average molecular weight is 407 g/mol. The molecule has 3 rings (SSSR count). The van der Waals surface area contributed by atoms with Gasteiger partial charge in [0.25, 0.3) is 5.91 Å². The molecule has 3 aromatic rings. The van der Waals surface area contributed by atoms with E-state index in [9.17, 15) is 9.59 Å². The van der Waals surface area contributed by atoms with Crippen LogP contribution in [0.5, 0.6) is 5.75 Å². The molecule has 0 saturated heterocycles. The fourth-order valence-electron chi connectivity index (χ4n) is 2.77. The number of benzene rings is 3. The van der Waals surface area contributed by atoms with Crippen molar-refractivity contribution in [3.8, 4) is 5.75 Å². The van der Waals surface area contributed by atoms with Gasteiger partial charge in [-0.25, -0.2) is 0 Å². The molecule has 0 bridgehead atoms. The van der Waals surface area contributed by atoms with Gasteiger partial charge in [0, 0.05) is 27.5 Å². The third-order valence-corrected chi connectivity index (χ3v) is 5.30. The molecule has 0 heterocycles. The van der Waals surface area contributed by atoms with Crippen LogP contribution in [0.1, 0.15) is 26.3 Å². The molecular weight excluding hydrogens is 384 g/mol. The summed E-state index contributed by atoms with van der Waals surface area (Å²) in [6.07, 6.45) is 0. The number of hydrogen-bond donors (Lipinski definition) is 2. The van der Waals surface area contributed by atoms with E-state index in [2.05, 4.69) is 17.4 Å². The molecule has 0 saturated carbocycles. The summed E-state index contributed by atoms with van der Waals surface area (Å²) in [5.41, 5.74) is 7.45. The molecule has 148 valence electrons. The zero-order valence-electron chi connectivity index (χ0n) is 16.1. The first kappa shape index (κ1) is 20.5. The Morgan fingerprint density at radius 3 is 2.38 bits per heavy atom. The molecule has 0 aromatic heterocycles. The monoisotopic (exact) mass is 406 g/mol. The SMILES string of the molecule is Cc1c(NC(=O)c2ccc(OCCSc3ccccc3)cc2)cccc1C(N)=O. The molecule has 5 nitrogen and oxygen atoms in total. The Bertz CT molecular complexity index is 989. The minimum absolute atomic E-state index is 0.263. The van der Waals surface area contributed by atoms with Crippen molar-refractivity contribution >= 4 is 29.3 Å². The molecule has 2 amide bonds. The lowest BCUT2D eigenvalue weighted by molar-refractivity contribution is 0.0995. The highest BCUT2D eigenvalue weighted by molar-refractivity contribution is 7.99. The Labute approximate surface area is 174 Å². The maximum atomic E-state index is 12.5. The van der Waals surface area contributed by atoms with Crippen LogP contribution < -0.4 is 15.8 Å². The molecule has 3 aromatic carbocycles. The van der Waals surface area contributed by atoms with Crippen LogP contribution in [-0.2, 0) is 0 Å². The van der Waals surface area contributed by atoms with Crippen molar-refractivity contribution in [2.24, 2.45) is 5.73 Å². The van der Waals surface area contributed by atoms with Crippen molar-refractivity contribution in [2.75, 3.05) is 17.7 Å². The number of amides is 2. The Morgan fingerprint density at radius 1 is 0.966 bits per heavy atom. The fourth-order valence-corrected chi connectivity index (χ4v) is 3.52. The quantitative estimate of drug-likeness (QED) is 0.426. The topological polar surface area (TPSA) is 81.4 Å². The summed E-state index contributed by atoms with van der Waals surface area (Å²) in [6.45, 7) is 2.32. The van der Waals surface area contributed by atoms with Gasteiger partial charge in [0.1, 0.15) is 5.75 Å². The standard InChI is InChI=1S/C23H22N2O3S/c1-16-20(22(24)26)8-5-9-21(16)25-23(27)17-10-12-18(13-11-17)28-14-15-29-19-6-3-2-4-7-19/h2-13H,14-15H2,1H3,(H2,24,26)(H,25,27). The van der Waals surface area contributed by atoms with Crippen molar-refractivity contribution in [3.63, 3.8) is 0 Å². The van der Waals surface area contributed by atoms with Crippen molar-refractivity contribution < 1.29 is 14.3 Å². The van der Waals surface area contributed by atoms with Gasteiger partial charge in [-0.05, 0) is 61.0 Å². The number of primary amides is 1. The molecule has 0 fully saturated rings. The summed E-state index contributed by atoms with van der Waals surface area (Å²) >= 11 is 1.73. The summed E-state index contributed by atoms with van der Waals surface area (Å²) in [5.74, 6) is 0.760. The molecule has 0 atom stereocenters. The second kappa shape index (κ2) is 9.80. The molecule has 3 N–H and O–H groups in total. The summed E-state index contributed by atoms with van der Waals surface area (Å²) < 4.78 is 5.74. The first-order chi connectivity index (χ1) is 14.0. The highest BCUT2D eigenvalue weighted by Gasteiger charge is 2.12. The molecule has 0 unspecified atom stereocenters. The zero-order chi connectivity index (χ0) is 20.6. The molecule has 0 aliphatic rings. The summed E-state index contributed by atoms with van der Waals surface area (Å²) in [7, 11) is 0. The number of anilines is 1. The molecule has 0 radical (unpaired) electrons. The van der Waals surface area contributed by atoms with E-state index >= 15 is 0 Å². The van der Waals surface area contributed by atoms with Crippen LogP contribution in [0.2, 0.25) is 0 Å². The van der Waals surface area contributed by atoms with Gasteiger partial charge in [-0.15, -0.1) is 11.8 Å². The first-order valence-electron chi connectivity index (χ1n) is 9.16. The summed E-state index contributed by atoms with van der Waals surface area (Å²) in [6, 6.07) is 22.2. The van der Waals surface area contributed by atoms with E-state index in [0.29, 0.717) is 34.7 Å². The van der Waals surface area contributed by atoms with Gasteiger partial charge >= 0.3 is 0 Å². The number of carbonyl (C=O) groups excluding carboxylic acids is 2. The van der Waals surface area contributed by atoms with Crippen molar-refractivity contribution in [1.29, 1.82) is 0 Å². The second-order valence-corrected chi connectivity index (χ2v) is 7.50. The van der Waals surface area contributed by atoms with Gasteiger partial charge < -0.3 is 15.8 Å². The van der Waals surface area contributed by atoms with Gasteiger partial charge in [0.15, 0.2) is 0 Å². The first-order valence-corrected chi connectivity index (χ1v) is 10.1. The van der Waals surface area contributed by atoms with Crippen LogP contribution in [0.3, 0.4) is 0 Å². The minimum Gasteiger partial charge on any atom is -0.493 e. The molecule has 29 heavy (non-hydrogen) atoms. The van der Waals surface area contributed by atoms with E-state index in [1.54, 1.807) is 61.2 Å². The Morgan fingerprint density at radius 2 is 1.69 bits per heavy atom. The lowest BCUT2D eigenvalue weighted by atomic mass is 10.1. The highest BCUT2D eigenvalue weighted by atomic mass is 32.2. The largest absolute Gasteiger partial charge is 0.493 e. The Balaban J connectivity index is 1.54. The summed E-state index contributed by atoms with van der Waals surface area (Å²) in [4.78, 5) is 25.2. The van der Waals surface area contributed by atoms with Crippen LogP contribution in [0, 0.1) is 6.92 Å². The third-order valence-electron chi connectivity index (χ3n) is 4.33. The lowest BCUT2D eigenvalue weighted by Crippen LogP contribution is -2.16. The predicted molar refractivity (Wildman–Crippen MR) is 117 cm³/mol. The number of hydrogen-bond acceptors (Lipinski definition) is 4. The van der Waals surface area contributed by atoms with E-state index in [0.717, 1.165) is 5.75 Å². The number of rotatable bonds is 8. The van der Waals surface area contributed by atoms with E-state index in [4.69, 9.17) is 10.5 Å². The van der Waals surface area contributed by atoms with E-state index in [1.165, 1.54) is 4.90 Å². The molecular formula is C23H22N2O3S. The second-order valence-electron chi connectivity index (χ2n) is 6.33. The van der Waals surface area contributed by atoms with Gasteiger partial charge in [-0.2, -0.15) is 0 Å². The molecule has 0 aliphatic carbocycles. The average Bonchev–Trinajstić information content (AvgIpc) is 2.73. The minimum atomic E-state index is -0.523. The maximum Gasteiger partial charge on any atom is 0.255 e. The summed E-state index contributed by atoms with van der Waals surface area (Å²) in [5, 5.41) is 2.82. The van der Waals surface area contributed by atoms with E-state index in [-0.39, 0.29) is 5.91 Å². The third kappa shape index (κ3) is 5.62.